The molecule has 128 valence electrons. The molecule has 0 amide bonds. The number of imidazole rings is 1. The van der Waals surface area contributed by atoms with Crippen molar-refractivity contribution in [2.45, 2.75) is 39.0 Å². The predicted octanol–water partition coefficient (Wildman–Crippen LogP) is -0.139. The van der Waals surface area contributed by atoms with Crippen molar-refractivity contribution < 1.29 is 24.1 Å². The molecule has 3 atom stereocenters. The fourth-order valence-corrected chi connectivity index (χ4v) is 2.00. The first-order chi connectivity index (χ1) is 11.0. The van der Waals surface area contributed by atoms with Crippen LogP contribution >= 0.6 is 0 Å². The van der Waals surface area contributed by atoms with Gasteiger partial charge in [0.15, 0.2) is 17.3 Å². The van der Waals surface area contributed by atoms with Crippen molar-refractivity contribution in [2.24, 2.45) is 0 Å². The number of hydrogen-bond acceptors (Lipinski definition) is 8. The standard InChI is InChI=1S/C13H20FN5O4/c1-3-22-12-10-11(17-13(15)18-12)19(5-16-10)6-23-8(4-20)9(14)7(2)21/h5,7-9,20-21H,3-4,6H2,1-2H3,(H2,15,17,18). The monoisotopic (exact) mass is 329 g/mol. The fourth-order valence-electron chi connectivity index (χ4n) is 2.00. The van der Waals surface area contributed by atoms with Crippen LogP contribution in [-0.4, -0.2) is 61.3 Å². The van der Waals surface area contributed by atoms with Crippen molar-refractivity contribution in [1.29, 1.82) is 0 Å². The first kappa shape index (κ1) is 17.3. The Morgan fingerprint density at radius 3 is 2.78 bits per heavy atom. The van der Waals surface area contributed by atoms with Crippen LogP contribution in [-0.2, 0) is 11.5 Å². The van der Waals surface area contributed by atoms with Crippen molar-refractivity contribution in [3.8, 4) is 5.88 Å². The Balaban J connectivity index is 2.20. The molecule has 9 nitrogen and oxygen atoms in total. The lowest BCUT2D eigenvalue weighted by Gasteiger charge is -2.21. The minimum atomic E-state index is -1.71. The maximum atomic E-state index is 13.7. The molecule has 0 saturated carbocycles. The van der Waals surface area contributed by atoms with Crippen molar-refractivity contribution in [2.75, 3.05) is 18.9 Å². The highest BCUT2D eigenvalue weighted by Crippen LogP contribution is 2.22. The van der Waals surface area contributed by atoms with Crippen molar-refractivity contribution >= 4 is 17.1 Å². The third kappa shape index (κ3) is 3.84. The zero-order valence-corrected chi connectivity index (χ0v) is 12.9. The second-order valence-electron chi connectivity index (χ2n) is 4.91. The van der Waals surface area contributed by atoms with E-state index in [9.17, 15) is 14.6 Å². The summed E-state index contributed by atoms with van der Waals surface area (Å²) in [5, 5.41) is 18.4. The summed E-state index contributed by atoms with van der Waals surface area (Å²) >= 11 is 0. The molecule has 0 saturated heterocycles. The molecule has 0 spiro atoms. The number of aliphatic hydroxyl groups is 2. The molecule has 2 aromatic rings. The van der Waals surface area contributed by atoms with Crippen LogP contribution in [0.2, 0.25) is 0 Å². The summed E-state index contributed by atoms with van der Waals surface area (Å²) in [6, 6.07) is 0. The Kier molecular flexibility index (Phi) is 5.64. The minimum absolute atomic E-state index is 0.00811. The van der Waals surface area contributed by atoms with Crippen LogP contribution < -0.4 is 10.5 Å². The number of ether oxygens (including phenoxy) is 2. The molecule has 4 N–H and O–H groups in total. The molecule has 0 fully saturated rings. The second-order valence-corrected chi connectivity index (χ2v) is 4.91. The van der Waals surface area contributed by atoms with Gasteiger partial charge in [0, 0.05) is 0 Å². The summed E-state index contributed by atoms with van der Waals surface area (Å²) < 4.78 is 25.9. The van der Waals surface area contributed by atoms with Gasteiger partial charge in [0.2, 0.25) is 11.8 Å². The van der Waals surface area contributed by atoms with Crippen molar-refractivity contribution in [1.82, 2.24) is 19.5 Å². The average Bonchev–Trinajstić information content (AvgIpc) is 2.91. The Bertz CT molecular complexity index is 651. The summed E-state index contributed by atoms with van der Waals surface area (Å²) in [7, 11) is 0. The lowest BCUT2D eigenvalue weighted by atomic mass is 10.1. The SMILES string of the molecule is CCOc1nc(N)nc2c1ncn2COC(CO)C(F)C(C)O. The smallest absolute Gasteiger partial charge is 0.247 e. The van der Waals surface area contributed by atoms with E-state index in [2.05, 4.69) is 15.0 Å². The highest BCUT2D eigenvalue weighted by Gasteiger charge is 2.26. The third-order valence-corrected chi connectivity index (χ3v) is 3.15. The molecule has 2 aromatic heterocycles. The van der Waals surface area contributed by atoms with E-state index in [0.29, 0.717) is 17.8 Å². The zero-order chi connectivity index (χ0) is 17.0. The number of nitrogen functional groups attached to an aromatic ring is 1. The number of aromatic nitrogens is 4. The van der Waals surface area contributed by atoms with Gasteiger partial charge in [-0.05, 0) is 13.8 Å². The summed E-state index contributed by atoms with van der Waals surface area (Å²) in [5.41, 5.74) is 6.40. The maximum absolute atomic E-state index is 13.7. The van der Waals surface area contributed by atoms with E-state index < -0.39 is 25.0 Å². The maximum Gasteiger partial charge on any atom is 0.247 e. The number of hydrogen-bond donors (Lipinski definition) is 3. The van der Waals surface area contributed by atoms with Crippen LogP contribution in [0.1, 0.15) is 13.8 Å². The van der Waals surface area contributed by atoms with Crippen molar-refractivity contribution in [3.63, 3.8) is 0 Å². The minimum Gasteiger partial charge on any atom is -0.476 e. The van der Waals surface area contributed by atoms with Gasteiger partial charge in [-0.3, -0.25) is 4.57 Å². The van der Waals surface area contributed by atoms with Gasteiger partial charge in [-0.2, -0.15) is 9.97 Å². The molecular weight excluding hydrogens is 309 g/mol. The van der Waals surface area contributed by atoms with Gasteiger partial charge in [-0.15, -0.1) is 0 Å². The van der Waals surface area contributed by atoms with Crippen molar-refractivity contribution in [3.05, 3.63) is 6.33 Å². The Hall–Kier alpha value is -2.04. The molecule has 0 aliphatic carbocycles. The summed E-state index contributed by atoms with van der Waals surface area (Å²) in [4.78, 5) is 12.2. The number of rotatable bonds is 8. The Morgan fingerprint density at radius 1 is 1.43 bits per heavy atom. The van der Waals surface area contributed by atoms with E-state index >= 15 is 0 Å². The molecule has 2 heterocycles. The fraction of sp³-hybridized carbons (Fsp3) is 0.615. The van der Waals surface area contributed by atoms with Gasteiger partial charge < -0.3 is 25.4 Å². The predicted molar refractivity (Wildman–Crippen MR) is 79.4 cm³/mol. The third-order valence-electron chi connectivity index (χ3n) is 3.15. The van der Waals surface area contributed by atoms with Gasteiger partial charge in [0.25, 0.3) is 0 Å². The van der Waals surface area contributed by atoms with Gasteiger partial charge in [-0.1, -0.05) is 0 Å². The normalized spacial score (nSPS) is 15.5. The second kappa shape index (κ2) is 7.49. The summed E-state index contributed by atoms with van der Waals surface area (Å²) in [6.45, 7) is 2.77. The number of halogens is 1. The van der Waals surface area contributed by atoms with E-state index in [4.69, 9.17) is 15.2 Å². The molecule has 0 bridgehead atoms. The largest absolute Gasteiger partial charge is 0.476 e. The first-order valence-electron chi connectivity index (χ1n) is 7.13. The van der Waals surface area contributed by atoms with E-state index in [0.717, 1.165) is 0 Å². The number of nitrogens with two attached hydrogens (primary N) is 1. The van der Waals surface area contributed by atoms with E-state index in [1.807, 2.05) is 0 Å². The number of anilines is 1. The van der Waals surface area contributed by atoms with E-state index in [1.54, 1.807) is 6.92 Å². The van der Waals surface area contributed by atoms with Crippen LogP contribution in [0.25, 0.3) is 11.2 Å². The molecule has 3 unspecified atom stereocenters. The molecule has 2 rings (SSSR count). The number of aliphatic hydroxyl groups excluding tert-OH is 2. The van der Waals surface area contributed by atoms with Gasteiger partial charge in [0.1, 0.15) is 12.8 Å². The van der Waals surface area contributed by atoms with E-state index in [-0.39, 0.29) is 18.6 Å². The van der Waals surface area contributed by atoms with Crippen LogP contribution in [0.4, 0.5) is 10.3 Å². The topological polar surface area (TPSA) is 129 Å². The molecule has 0 aliphatic rings. The molecule has 0 radical (unpaired) electrons. The Labute approximate surface area is 131 Å². The average molecular weight is 329 g/mol. The summed E-state index contributed by atoms with van der Waals surface area (Å²) in [6.07, 6.45) is -2.72. The molecule has 0 aliphatic heterocycles. The highest BCUT2D eigenvalue weighted by molar-refractivity contribution is 5.77. The first-order valence-corrected chi connectivity index (χ1v) is 7.13. The molecular formula is C13H20FN5O4. The van der Waals surface area contributed by atoms with E-state index in [1.165, 1.54) is 17.8 Å². The molecule has 0 aromatic carbocycles. The van der Waals surface area contributed by atoms with Gasteiger partial charge in [-0.25, -0.2) is 9.37 Å². The number of fused-ring (bicyclic) bond motifs is 1. The van der Waals surface area contributed by atoms with Crippen LogP contribution in [0.15, 0.2) is 6.33 Å². The zero-order valence-electron chi connectivity index (χ0n) is 12.9. The van der Waals surface area contributed by atoms with Gasteiger partial charge >= 0.3 is 0 Å². The molecule has 23 heavy (non-hydrogen) atoms. The van der Waals surface area contributed by atoms with Crippen LogP contribution in [0.5, 0.6) is 5.88 Å². The van der Waals surface area contributed by atoms with Gasteiger partial charge in [0.05, 0.1) is 25.6 Å². The van der Waals surface area contributed by atoms with Crippen LogP contribution in [0, 0.1) is 0 Å². The highest BCUT2D eigenvalue weighted by atomic mass is 19.1. The Morgan fingerprint density at radius 2 is 2.17 bits per heavy atom. The number of alkyl halides is 1. The lowest BCUT2D eigenvalue weighted by molar-refractivity contribution is -0.0905. The van der Waals surface area contributed by atoms with Crippen LogP contribution in [0.3, 0.4) is 0 Å². The number of nitrogens with zero attached hydrogens (tertiary/aromatic N) is 4. The lowest BCUT2D eigenvalue weighted by Crippen LogP contribution is -2.37. The molecule has 10 heteroatoms. The quantitative estimate of drug-likeness (QED) is 0.610. The summed E-state index contributed by atoms with van der Waals surface area (Å²) in [5.74, 6) is 0.258.